The van der Waals surface area contributed by atoms with Gasteiger partial charge in [0, 0.05) is 11.6 Å². The molecule has 1 aromatic heterocycles. The summed E-state index contributed by atoms with van der Waals surface area (Å²) >= 11 is 1.57. The predicted molar refractivity (Wildman–Crippen MR) is 76.3 cm³/mol. The fourth-order valence-electron chi connectivity index (χ4n) is 1.67. The minimum atomic E-state index is -0.384. The first-order valence-corrected chi connectivity index (χ1v) is 6.63. The molecule has 0 bridgehead atoms. The van der Waals surface area contributed by atoms with Crippen LogP contribution in [-0.4, -0.2) is 18.1 Å². The normalized spacial score (nSPS) is 11.9. The topological polar surface area (TPSA) is 77.2 Å². The van der Waals surface area contributed by atoms with Crippen LogP contribution in [0.25, 0.3) is 0 Å². The summed E-state index contributed by atoms with van der Waals surface area (Å²) in [6.07, 6.45) is 1.76. The molecule has 0 amide bonds. The van der Waals surface area contributed by atoms with Gasteiger partial charge in [0.25, 0.3) is 0 Å². The molecule has 19 heavy (non-hydrogen) atoms. The average Bonchev–Trinajstić information content (AvgIpc) is 2.94. The molecule has 100 valence electrons. The van der Waals surface area contributed by atoms with Gasteiger partial charge in [0.2, 0.25) is 0 Å². The van der Waals surface area contributed by atoms with Crippen LogP contribution in [-0.2, 0) is 4.74 Å². The van der Waals surface area contributed by atoms with Gasteiger partial charge in [-0.25, -0.2) is 9.78 Å². The first-order chi connectivity index (χ1) is 9.11. The van der Waals surface area contributed by atoms with Crippen LogP contribution in [0.15, 0.2) is 29.8 Å². The fraction of sp³-hybridized carbons (Fsp3) is 0.231. The molecule has 6 heteroatoms. The van der Waals surface area contributed by atoms with Crippen molar-refractivity contribution in [2.75, 3.05) is 18.2 Å². The van der Waals surface area contributed by atoms with Gasteiger partial charge in [0.1, 0.15) is 5.01 Å². The lowest BCUT2D eigenvalue weighted by Crippen LogP contribution is -2.10. The number of nitrogens with two attached hydrogens (primary N) is 1. The van der Waals surface area contributed by atoms with E-state index in [0.29, 0.717) is 16.9 Å². The third-order valence-corrected chi connectivity index (χ3v) is 3.63. The second kappa shape index (κ2) is 5.71. The number of carbonyl (C=O) groups excluding carboxylic acids is 1. The first kappa shape index (κ1) is 13.4. The molecule has 0 saturated carbocycles. The zero-order valence-corrected chi connectivity index (χ0v) is 11.5. The number of carbonyl (C=O) groups is 1. The van der Waals surface area contributed by atoms with Gasteiger partial charge in [-0.15, -0.1) is 11.3 Å². The smallest absolute Gasteiger partial charge is 0.337 e. The number of esters is 1. The summed E-state index contributed by atoms with van der Waals surface area (Å²) < 4.78 is 4.69. The lowest BCUT2D eigenvalue weighted by Gasteiger charge is -2.15. The number of nitrogens with one attached hydrogen (secondary N) is 1. The molecule has 0 radical (unpaired) electrons. The number of nitrogens with zero attached hydrogens (tertiary/aromatic N) is 1. The van der Waals surface area contributed by atoms with Crippen molar-refractivity contribution in [2.24, 2.45) is 0 Å². The minimum absolute atomic E-state index is 0.0233. The Kier molecular flexibility index (Phi) is 4.01. The highest BCUT2D eigenvalue weighted by atomic mass is 32.1. The second-order valence-electron chi connectivity index (χ2n) is 4.03. The quantitative estimate of drug-likeness (QED) is 0.663. The molecule has 3 N–H and O–H groups in total. The SMILES string of the molecule is COC(=O)c1ccc(N)c(NC(C)c2nccs2)c1. The van der Waals surface area contributed by atoms with Crippen molar-refractivity contribution in [3.05, 3.63) is 40.3 Å². The van der Waals surface area contributed by atoms with Crippen LogP contribution in [0.4, 0.5) is 11.4 Å². The maximum atomic E-state index is 11.5. The average molecular weight is 277 g/mol. The number of anilines is 2. The van der Waals surface area contributed by atoms with Crippen LogP contribution < -0.4 is 11.1 Å². The standard InChI is InChI=1S/C13H15N3O2S/c1-8(12-15-5-6-19-12)16-11-7-9(13(17)18-2)3-4-10(11)14/h3-8,16H,14H2,1-2H3. The van der Waals surface area contributed by atoms with E-state index in [-0.39, 0.29) is 12.0 Å². The molecule has 0 aliphatic carbocycles. The van der Waals surface area contributed by atoms with Gasteiger partial charge >= 0.3 is 5.97 Å². The van der Waals surface area contributed by atoms with Crippen LogP contribution in [0, 0.1) is 0 Å². The zero-order valence-electron chi connectivity index (χ0n) is 10.7. The first-order valence-electron chi connectivity index (χ1n) is 5.75. The number of ether oxygens (including phenoxy) is 1. The van der Waals surface area contributed by atoms with Gasteiger partial charge in [0.05, 0.1) is 30.1 Å². The van der Waals surface area contributed by atoms with E-state index in [4.69, 9.17) is 10.5 Å². The number of thiazole rings is 1. The summed E-state index contributed by atoms with van der Waals surface area (Å²) in [5.74, 6) is -0.384. The van der Waals surface area contributed by atoms with Crippen LogP contribution >= 0.6 is 11.3 Å². The van der Waals surface area contributed by atoms with Crippen molar-refractivity contribution < 1.29 is 9.53 Å². The number of methoxy groups -OCH3 is 1. The maximum absolute atomic E-state index is 11.5. The lowest BCUT2D eigenvalue weighted by atomic mass is 10.1. The summed E-state index contributed by atoms with van der Waals surface area (Å²) in [5.41, 5.74) is 7.64. The van der Waals surface area contributed by atoms with Crippen molar-refractivity contribution in [1.29, 1.82) is 0 Å². The second-order valence-corrected chi connectivity index (χ2v) is 4.96. The minimum Gasteiger partial charge on any atom is -0.465 e. The van der Waals surface area contributed by atoms with E-state index >= 15 is 0 Å². The Labute approximate surface area is 115 Å². The van der Waals surface area contributed by atoms with E-state index in [2.05, 4.69) is 10.3 Å². The number of benzene rings is 1. The molecule has 2 aromatic rings. The van der Waals surface area contributed by atoms with E-state index in [0.717, 1.165) is 5.01 Å². The van der Waals surface area contributed by atoms with Gasteiger partial charge in [-0.3, -0.25) is 0 Å². The predicted octanol–water partition coefficient (Wildman–Crippen LogP) is 2.69. The van der Waals surface area contributed by atoms with E-state index in [1.165, 1.54) is 7.11 Å². The van der Waals surface area contributed by atoms with E-state index in [9.17, 15) is 4.79 Å². The molecule has 0 aliphatic heterocycles. The van der Waals surface area contributed by atoms with E-state index in [1.54, 1.807) is 35.7 Å². The monoisotopic (exact) mass is 277 g/mol. The molecule has 0 saturated heterocycles. The summed E-state index contributed by atoms with van der Waals surface area (Å²) in [4.78, 5) is 15.7. The highest BCUT2D eigenvalue weighted by Gasteiger charge is 2.12. The summed E-state index contributed by atoms with van der Waals surface area (Å²) in [6, 6.07) is 5.03. The Morgan fingerprint density at radius 2 is 2.32 bits per heavy atom. The molecular weight excluding hydrogens is 262 g/mol. The van der Waals surface area contributed by atoms with Crippen molar-refractivity contribution in [1.82, 2.24) is 4.98 Å². The largest absolute Gasteiger partial charge is 0.465 e. The van der Waals surface area contributed by atoms with Gasteiger partial charge in [-0.1, -0.05) is 0 Å². The van der Waals surface area contributed by atoms with Crippen molar-refractivity contribution >= 4 is 28.7 Å². The Morgan fingerprint density at radius 3 is 2.95 bits per heavy atom. The molecule has 5 nitrogen and oxygen atoms in total. The van der Waals surface area contributed by atoms with Crippen LogP contribution in [0.3, 0.4) is 0 Å². The molecule has 1 atom stereocenters. The maximum Gasteiger partial charge on any atom is 0.337 e. The molecule has 1 heterocycles. The summed E-state index contributed by atoms with van der Waals surface area (Å²) in [6.45, 7) is 1.99. The third-order valence-electron chi connectivity index (χ3n) is 2.67. The Balaban J connectivity index is 2.22. The Hall–Kier alpha value is -2.08. The molecule has 1 aromatic carbocycles. The molecule has 1 unspecified atom stereocenters. The Morgan fingerprint density at radius 1 is 1.53 bits per heavy atom. The summed E-state index contributed by atoms with van der Waals surface area (Å²) in [5, 5.41) is 6.13. The highest BCUT2D eigenvalue weighted by Crippen LogP contribution is 2.26. The lowest BCUT2D eigenvalue weighted by molar-refractivity contribution is 0.0601. The fourth-order valence-corrected chi connectivity index (χ4v) is 2.32. The number of aromatic nitrogens is 1. The highest BCUT2D eigenvalue weighted by molar-refractivity contribution is 7.09. The van der Waals surface area contributed by atoms with Gasteiger partial charge < -0.3 is 15.8 Å². The number of nitrogen functional groups attached to an aromatic ring is 1. The van der Waals surface area contributed by atoms with E-state index in [1.807, 2.05) is 12.3 Å². The zero-order chi connectivity index (χ0) is 13.8. The molecule has 0 fully saturated rings. The van der Waals surface area contributed by atoms with Crippen LogP contribution in [0.2, 0.25) is 0 Å². The molecule has 2 rings (SSSR count). The number of hydrogen-bond donors (Lipinski definition) is 2. The summed E-state index contributed by atoms with van der Waals surface area (Å²) in [7, 11) is 1.35. The Bertz CT molecular complexity index is 569. The number of rotatable bonds is 4. The van der Waals surface area contributed by atoms with Gasteiger partial charge in [0.15, 0.2) is 0 Å². The van der Waals surface area contributed by atoms with Gasteiger partial charge in [-0.05, 0) is 25.1 Å². The molecular formula is C13H15N3O2S. The molecule has 0 spiro atoms. The van der Waals surface area contributed by atoms with Gasteiger partial charge in [-0.2, -0.15) is 0 Å². The third kappa shape index (κ3) is 3.03. The van der Waals surface area contributed by atoms with Crippen LogP contribution in [0.1, 0.15) is 28.3 Å². The number of hydrogen-bond acceptors (Lipinski definition) is 6. The molecule has 0 aliphatic rings. The van der Waals surface area contributed by atoms with E-state index < -0.39 is 0 Å². The van der Waals surface area contributed by atoms with Crippen molar-refractivity contribution in [3.63, 3.8) is 0 Å². The van der Waals surface area contributed by atoms with Crippen molar-refractivity contribution in [2.45, 2.75) is 13.0 Å². The van der Waals surface area contributed by atoms with Crippen LogP contribution in [0.5, 0.6) is 0 Å². The van der Waals surface area contributed by atoms with Crippen molar-refractivity contribution in [3.8, 4) is 0 Å².